The second-order valence-corrected chi connectivity index (χ2v) is 6.73. The van der Waals surface area contributed by atoms with Crippen molar-refractivity contribution in [3.8, 4) is 23.0 Å². The van der Waals surface area contributed by atoms with Crippen LogP contribution in [0.1, 0.15) is 23.5 Å². The van der Waals surface area contributed by atoms with E-state index in [0.29, 0.717) is 41.4 Å². The summed E-state index contributed by atoms with van der Waals surface area (Å²) in [4.78, 5) is 25.0. The number of esters is 1. The van der Waals surface area contributed by atoms with Gasteiger partial charge in [0, 0.05) is 5.92 Å². The maximum Gasteiger partial charge on any atom is 0.343 e. The third-order valence-corrected chi connectivity index (χ3v) is 5.02. The normalized spacial score (nSPS) is 13.7. The van der Waals surface area contributed by atoms with Crippen LogP contribution in [0.25, 0.3) is 11.0 Å². The third-order valence-electron chi connectivity index (χ3n) is 5.02. The van der Waals surface area contributed by atoms with E-state index in [2.05, 4.69) is 0 Å². The van der Waals surface area contributed by atoms with Crippen molar-refractivity contribution >= 4 is 16.9 Å². The van der Waals surface area contributed by atoms with Crippen LogP contribution in [0.4, 0.5) is 0 Å². The molecule has 8 heteroatoms. The molecule has 156 valence electrons. The number of ether oxygens (including phenoxy) is 4. The number of hydrogen-bond donors (Lipinski definition) is 1. The van der Waals surface area contributed by atoms with Crippen LogP contribution in [-0.4, -0.2) is 38.5 Å². The van der Waals surface area contributed by atoms with E-state index in [1.165, 1.54) is 14.2 Å². The number of hydrogen-bond acceptors (Lipinski definition) is 8. The number of carbonyl (C=O) groups excluding carboxylic acids is 1. The molecule has 4 rings (SSSR count). The van der Waals surface area contributed by atoms with E-state index in [1.54, 1.807) is 36.4 Å². The number of fused-ring (bicyclic) bond motifs is 2. The van der Waals surface area contributed by atoms with Crippen LogP contribution in [0.2, 0.25) is 0 Å². The molecular weight excluding hydrogens is 392 g/mol. The zero-order chi connectivity index (χ0) is 21.3. The van der Waals surface area contributed by atoms with Crippen molar-refractivity contribution < 1.29 is 33.3 Å². The van der Waals surface area contributed by atoms with Gasteiger partial charge in [-0.25, -0.2) is 4.79 Å². The number of aromatic hydroxyl groups is 1. The van der Waals surface area contributed by atoms with E-state index in [4.69, 9.17) is 23.4 Å². The molecule has 3 aromatic rings. The van der Waals surface area contributed by atoms with Crippen LogP contribution in [-0.2, 0) is 9.53 Å². The molecule has 0 fully saturated rings. The summed E-state index contributed by atoms with van der Waals surface area (Å²) in [5, 5.41) is 11.3. The molecule has 0 radical (unpaired) electrons. The highest BCUT2D eigenvalue weighted by Crippen LogP contribution is 2.45. The summed E-state index contributed by atoms with van der Waals surface area (Å²) in [7, 11) is 2.74. The van der Waals surface area contributed by atoms with E-state index < -0.39 is 17.5 Å². The molecule has 0 aliphatic carbocycles. The Morgan fingerprint density at radius 1 is 1.17 bits per heavy atom. The van der Waals surface area contributed by atoms with E-state index in [-0.39, 0.29) is 23.3 Å². The Hall–Kier alpha value is -3.68. The molecule has 1 N–H and O–H groups in total. The average Bonchev–Trinajstić information content (AvgIpc) is 2.77. The molecular formula is C22H20O8. The van der Waals surface area contributed by atoms with Gasteiger partial charge in [-0.1, -0.05) is 12.1 Å². The number of methoxy groups -OCH3 is 2. The standard InChI is InChI=1S/C22H20O8/c1-26-16-9-12(10-17-21(16)29-8-7-28-17)14(11-18(23)27-2)19-20(24)13-5-3-4-6-15(13)30-22(19)25/h3-6,9-10,14,24H,7-8,11H2,1-2H3/t14-/m1/s1. The fraction of sp³-hybridized carbons (Fsp3) is 0.273. The molecule has 0 saturated carbocycles. The first-order valence-electron chi connectivity index (χ1n) is 9.32. The van der Waals surface area contributed by atoms with Crippen LogP contribution in [0.15, 0.2) is 45.6 Å². The zero-order valence-corrected chi connectivity index (χ0v) is 16.5. The SMILES string of the molecule is COC(=O)C[C@H](c1cc(OC)c2c(c1)OCCO2)c1c(O)c2ccccc2oc1=O. The van der Waals surface area contributed by atoms with Gasteiger partial charge in [0.2, 0.25) is 5.75 Å². The van der Waals surface area contributed by atoms with Crippen molar-refractivity contribution in [3.63, 3.8) is 0 Å². The van der Waals surface area contributed by atoms with Crippen LogP contribution in [0.5, 0.6) is 23.0 Å². The number of rotatable bonds is 5. The molecule has 1 aliphatic heterocycles. The van der Waals surface area contributed by atoms with Gasteiger partial charge < -0.3 is 28.5 Å². The van der Waals surface area contributed by atoms with Crippen LogP contribution >= 0.6 is 0 Å². The maximum atomic E-state index is 12.8. The molecule has 0 unspecified atom stereocenters. The largest absolute Gasteiger partial charge is 0.507 e. The zero-order valence-electron chi connectivity index (χ0n) is 16.5. The monoisotopic (exact) mass is 412 g/mol. The van der Waals surface area contributed by atoms with Crippen molar-refractivity contribution in [3.05, 3.63) is 57.9 Å². The summed E-state index contributed by atoms with van der Waals surface area (Å²) in [6.07, 6.45) is -0.198. The first-order chi connectivity index (χ1) is 14.5. The molecule has 2 heterocycles. The Morgan fingerprint density at radius 2 is 1.93 bits per heavy atom. The van der Waals surface area contributed by atoms with Gasteiger partial charge in [0.1, 0.15) is 24.5 Å². The quantitative estimate of drug-likeness (QED) is 0.504. The van der Waals surface area contributed by atoms with Gasteiger partial charge in [0.05, 0.1) is 31.6 Å². The predicted molar refractivity (Wildman–Crippen MR) is 107 cm³/mol. The lowest BCUT2D eigenvalue weighted by Gasteiger charge is -2.24. The van der Waals surface area contributed by atoms with Crippen LogP contribution < -0.4 is 19.8 Å². The van der Waals surface area contributed by atoms with Gasteiger partial charge in [-0.05, 0) is 29.8 Å². The van der Waals surface area contributed by atoms with E-state index in [0.717, 1.165) is 0 Å². The molecule has 30 heavy (non-hydrogen) atoms. The van der Waals surface area contributed by atoms with Gasteiger partial charge >= 0.3 is 11.6 Å². The fourth-order valence-electron chi connectivity index (χ4n) is 3.59. The van der Waals surface area contributed by atoms with Gasteiger partial charge in [0.25, 0.3) is 0 Å². The summed E-state index contributed by atoms with van der Waals surface area (Å²) >= 11 is 0. The van der Waals surface area contributed by atoms with E-state index in [1.807, 2.05) is 0 Å². The Balaban J connectivity index is 1.94. The molecule has 0 bridgehead atoms. The molecule has 2 aromatic carbocycles. The second-order valence-electron chi connectivity index (χ2n) is 6.73. The number of para-hydroxylation sites is 1. The van der Waals surface area contributed by atoms with Crippen molar-refractivity contribution in [2.24, 2.45) is 0 Å². The molecule has 0 saturated heterocycles. The molecule has 1 aliphatic rings. The van der Waals surface area contributed by atoms with Crippen molar-refractivity contribution in [1.29, 1.82) is 0 Å². The first-order valence-corrected chi connectivity index (χ1v) is 9.32. The highest BCUT2D eigenvalue weighted by Gasteiger charge is 2.30. The predicted octanol–water partition coefficient (Wildman–Crippen LogP) is 2.97. The number of carbonyl (C=O) groups is 1. The van der Waals surface area contributed by atoms with Gasteiger partial charge in [-0.3, -0.25) is 4.79 Å². The summed E-state index contributed by atoms with van der Waals surface area (Å²) in [6, 6.07) is 9.95. The first kappa shape index (κ1) is 19.6. The van der Waals surface area contributed by atoms with Crippen molar-refractivity contribution in [1.82, 2.24) is 0 Å². The Bertz CT molecular complexity index is 1150. The van der Waals surface area contributed by atoms with Crippen molar-refractivity contribution in [2.75, 3.05) is 27.4 Å². The second kappa shape index (κ2) is 7.98. The van der Waals surface area contributed by atoms with E-state index in [9.17, 15) is 14.7 Å². The fourth-order valence-corrected chi connectivity index (χ4v) is 3.59. The highest BCUT2D eigenvalue weighted by atomic mass is 16.6. The van der Waals surface area contributed by atoms with Crippen LogP contribution in [0, 0.1) is 0 Å². The minimum Gasteiger partial charge on any atom is -0.507 e. The van der Waals surface area contributed by atoms with Gasteiger partial charge in [0.15, 0.2) is 11.5 Å². The average molecular weight is 412 g/mol. The third kappa shape index (κ3) is 3.41. The van der Waals surface area contributed by atoms with E-state index >= 15 is 0 Å². The maximum absolute atomic E-state index is 12.8. The summed E-state index contributed by atoms with van der Waals surface area (Å²) in [6.45, 7) is 0.730. The molecule has 0 amide bonds. The molecule has 8 nitrogen and oxygen atoms in total. The highest BCUT2D eigenvalue weighted by molar-refractivity contribution is 5.85. The minimum absolute atomic E-state index is 0.0437. The summed E-state index contributed by atoms with van der Waals surface area (Å²) in [5.41, 5.74) is -0.0218. The molecule has 1 aromatic heterocycles. The van der Waals surface area contributed by atoms with Gasteiger partial charge in [-0.2, -0.15) is 0 Å². The van der Waals surface area contributed by atoms with Crippen molar-refractivity contribution in [2.45, 2.75) is 12.3 Å². The lowest BCUT2D eigenvalue weighted by molar-refractivity contribution is -0.140. The topological polar surface area (TPSA) is 104 Å². The Labute approximate surface area is 171 Å². The number of benzene rings is 2. The smallest absolute Gasteiger partial charge is 0.343 e. The molecule has 1 atom stereocenters. The summed E-state index contributed by atoms with van der Waals surface area (Å²) in [5.74, 6) is -0.399. The summed E-state index contributed by atoms with van der Waals surface area (Å²) < 4.78 is 26.9. The molecule has 0 spiro atoms. The van der Waals surface area contributed by atoms with Gasteiger partial charge in [-0.15, -0.1) is 0 Å². The lowest BCUT2D eigenvalue weighted by Crippen LogP contribution is -2.20. The minimum atomic E-state index is -0.858. The lowest BCUT2D eigenvalue weighted by atomic mass is 9.87. The Morgan fingerprint density at radius 3 is 2.70 bits per heavy atom. The Kier molecular flexibility index (Phi) is 5.22. The van der Waals surface area contributed by atoms with Crippen LogP contribution in [0.3, 0.4) is 0 Å².